The smallest absolute Gasteiger partial charge is 0.263 e. The number of thiophene rings is 1. The minimum atomic E-state index is 0.126. The molecule has 0 bridgehead atoms. The number of rotatable bonds is 4. The lowest BCUT2D eigenvalue weighted by Crippen LogP contribution is -2.35. The van der Waals surface area contributed by atoms with Crippen molar-refractivity contribution in [2.24, 2.45) is 0 Å². The van der Waals surface area contributed by atoms with Crippen molar-refractivity contribution in [3.8, 4) is 0 Å². The van der Waals surface area contributed by atoms with Crippen LogP contribution in [-0.4, -0.2) is 52.2 Å². The van der Waals surface area contributed by atoms with Gasteiger partial charge in [0.1, 0.15) is 0 Å². The highest BCUT2D eigenvalue weighted by Crippen LogP contribution is 2.17. The summed E-state index contributed by atoms with van der Waals surface area (Å²) in [7, 11) is 0. The monoisotopic (exact) mass is 345 g/mol. The molecule has 7 heteroatoms. The first-order chi connectivity index (χ1) is 11.7. The van der Waals surface area contributed by atoms with E-state index >= 15 is 0 Å². The van der Waals surface area contributed by atoms with Crippen LogP contribution >= 0.6 is 11.3 Å². The summed E-state index contributed by atoms with van der Waals surface area (Å²) in [6, 6.07) is 3.81. The van der Waals surface area contributed by atoms with Gasteiger partial charge in [-0.1, -0.05) is 19.9 Å². The van der Waals surface area contributed by atoms with Crippen LogP contribution in [0.15, 0.2) is 17.5 Å². The lowest BCUT2D eigenvalue weighted by Gasteiger charge is -2.22. The molecule has 0 aliphatic carbocycles. The van der Waals surface area contributed by atoms with Crippen LogP contribution in [0.1, 0.15) is 41.3 Å². The van der Waals surface area contributed by atoms with Crippen LogP contribution in [0.25, 0.3) is 0 Å². The van der Waals surface area contributed by atoms with Gasteiger partial charge in [-0.3, -0.25) is 4.79 Å². The number of anilines is 1. The van der Waals surface area contributed by atoms with Crippen LogP contribution in [0.2, 0.25) is 0 Å². The lowest BCUT2D eigenvalue weighted by atomic mass is 10.2. The highest BCUT2D eigenvalue weighted by atomic mass is 32.1. The molecule has 24 heavy (non-hydrogen) atoms. The zero-order valence-electron chi connectivity index (χ0n) is 14.2. The molecule has 1 saturated heterocycles. The van der Waals surface area contributed by atoms with Gasteiger partial charge in [0, 0.05) is 26.2 Å². The summed E-state index contributed by atoms with van der Waals surface area (Å²) in [6.45, 7) is 7.23. The molecule has 3 heterocycles. The molecule has 3 rings (SSSR count). The third kappa shape index (κ3) is 3.56. The summed E-state index contributed by atoms with van der Waals surface area (Å²) in [5, 5.41) is 10.6. The predicted molar refractivity (Wildman–Crippen MR) is 95.6 cm³/mol. The van der Waals surface area contributed by atoms with Crippen molar-refractivity contribution < 1.29 is 4.79 Å². The molecule has 1 aliphatic heterocycles. The normalized spacial score (nSPS) is 15.4. The molecule has 0 spiro atoms. The average Bonchev–Trinajstić information content (AvgIpc) is 3.05. The SMILES string of the molecule is CCc1nnc(N2CCCN(C(=O)c3cccs3)CC2)nc1CC. The van der Waals surface area contributed by atoms with E-state index in [1.807, 2.05) is 22.4 Å². The Morgan fingerprint density at radius 2 is 1.96 bits per heavy atom. The van der Waals surface area contributed by atoms with Crippen molar-refractivity contribution in [1.29, 1.82) is 0 Å². The maximum atomic E-state index is 12.5. The van der Waals surface area contributed by atoms with E-state index in [1.165, 1.54) is 11.3 Å². The van der Waals surface area contributed by atoms with Gasteiger partial charge in [0.15, 0.2) is 0 Å². The first-order valence-corrected chi connectivity index (χ1v) is 9.41. The van der Waals surface area contributed by atoms with E-state index in [9.17, 15) is 4.79 Å². The third-order valence-corrected chi connectivity index (χ3v) is 5.15. The zero-order chi connectivity index (χ0) is 16.9. The van der Waals surface area contributed by atoms with E-state index in [0.717, 1.165) is 55.2 Å². The Hall–Kier alpha value is -2.02. The molecule has 128 valence electrons. The number of amides is 1. The summed E-state index contributed by atoms with van der Waals surface area (Å²) in [6.07, 6.45) is 2.63. The predicted octanol–water partition coefficient (Wildman–Crippen LogP) is 2.41. The average molecular weight is 345 g/mol. The molecule has 2 aromatic rings. The van der Waals surface area contributed by atoms with Crippen LogP contribution in [0.5, 0.6) is 0 Å². The summed E-state index contributed by atoms with van der Waals surface area (Å²) in [5.41, 5.74) is 2.00. The number of hydrogen-bond donors (Lipinski definition) is 0. The molecule has 1 amide bonds. The van der Waals surface area contributed by atoms with Crippen LogP contribution in [0.3, 0.4) is 0 Å². The summed E-state index contributed by atoms with van der Waals surface area (Å²) >= 11 is 1.50. The highest BCUT2D eigenvalue weighted by molar-refractivity contribution is 7.12. The maximum absolute atomic E-state index is 12.5. The van der Waals surface area contributed by atoms with Gasteiger partial charge < -0.3 is 9.80 Å². The number of aromatic nitrogens is 3. The molecule has 0 atom stereocenters. The summed E-state index contributed by atoms with van der Waals surface area (Å²) < 4.78 is 0. The molecule has 0 aromatic carbocycles. The van der Waals surface area contributed by atoms with Crippen molar-refractivity contribution in [2.75, 3.05) is 31.1 Å². The van der Waals surface area contributed by atoms with Gasteiger partial charge in [0.25, 0.3) is 5.91 Å². The second-order valence-electron chi connectivity index (χ2n) is 5.82. The Morgan fingerprint density at radius 1 is 1.12 bits per heavy atom. The lowest BCUT2D eigenvalue weighted by molar-refractivity contribution is 0.0772. The molecule has 0 unspecified atom stereocenters. The van der Waals surface area contributed by atoms with Gasteiger partial charge in [-0.2, -0.15) is 5.10 Å². The van der Waals surface area contributed by atoms with Crippen molar-refractivity contribution in [3.63, 3.8) is 0 Å². The molecular weight excluding hydrogens is 322 g/mol. The van der Waals surface area contributed by atoms with Crippen molar-refractivity contribution in [1.82, 2.24) is 20.1 Å². The van der Waals surface area contributed by atoms with Gasteiger partial charge in [0.05, 0.1) is 16.3 Å². The Balaban J connectivity index is 1.70. The first-order valence-electron chi connectivity index (χ1n) is 8.53. The summed E-state index contributed by atoms with van der Waals surface area (Å²) in [5.74, 6) is 0.816. The third-order valence-electron chi connectivity index (χ3n) is 4.30. The zero-order valence-corrected chi connectivity index (χ0v) is 15.1. The molecule has 1 fully saturated rings. The Bertz CT molecular complexity index is 688. The number of nitrogens with zero attached hydrogens (tertiary/aromatic N) is 5. The van der Waals surface area contributed by atoms with Crippen LogP contribution < -0.4 is 4.90 Å². The largest absolute Gasteiger partial charge is 0.338 e. The van der Waals surface area contributed by atoms with E-state index in [2.05, 4.69) is 28.9 Å². The van der Waals surface area contributed by atoms with Crippen molar-refractivity contribution in [2.45, 2.75) is 33.1 Å². The molecule has 0 saturated carbocycles. The summed E-state index contributed by atoms with van der Waals surface area (Å²) in [4.78, 5) is 22.1. The highest BCUT2D eigenvalue weighted by Gasteiger charge is 2.22. The fraction of sp³-hybridized carbons (Fsp3) is 0.529. The van der Waals surface area contributed by atoms with E-state index in [4.69, 9.17) is 4.98 Å². The molecule has 1 aliphatic rings. The Kier molecular flexibility index (Phi) is 5.40. The topological polar surface area (TPSA) is 62.2 Å². The van der Waals surface area contributed by atoms with E-state index < -0.39 is 0 Å². The molecule has 6 nitrogen and oxygen atoms in total. The van der Waals surface area contributed by atoms with Crippen molar-refractivity contribution >= 4 is 23.2 Å². The Labute approximate surface area is 146 Å². The van der Waals surface area contributed by atoms with Gasteiger partial charge in [-0.05, 0) is 30.7 Å². The van der Waals surface area contributed by atoms with Gasteiger partial charge in [-0.15, -0.1) is 16.4 Å². The van der Waals surface area contributed by atoms with E-state index in [0.29, 0.717) is 12.5 Å². The van der Waals surface area contributed by atoms with E-state index in [1.54, 1.807) is 0 Å². The van der Waals surface area contributed by atoms with Gasteiger partial charge in [0.2, 0.25) is 5.95 Å². The number of carbonyl (C=O) groups excluding carboxylic acids is 1. The van der Waals surface area contributed by atoms with Crippen LogP contribution in [-0.2, 0) is 12.8 Å². The van der Waals surface area contributed by atoms with E-state index in [-0.39, 0.29) is 5.91 Å². The quantitative estimate of drug-likeness (QED) is 0.851. The minimum absolute atomic E-state index is 0.126. The van der Waals surface area contributed by atoms with Crippen molar-refractivity contribution in [3.05, 3.63) is 33.8 Å². The van der Waals surface area contributed by atoms with Gasteiger partial charge >= 0.3 is 0 Å². The van der Waals surface area contributed by atoms with Crippen LogP contribution in [0.4, 0.5) is 5.95 Å². The molecule has 0 radical (unpaired) electrons. The fourth-order valence-electron chi connectivity index (χ4n) is 2.94. The second-order valence-corrected chi connectivity index (χ2v) is 6.77. The Morgan fingerprint density at radius 3 is 2.67 bits per heavy atom. The first kappa shape index (κ1) is 16.8. The number of carbonyl (C=O) groups is 1. The number of aryl methyl sites for hydroxylation is 2. The van der Waals surface area contributed by atoms with Gasteiger partial charge in [-0.25, -0.2) is 4.98 Å². The minimum Gasteiger partial charge on any atom is -0.338 e. The standard InChI is InChI=1S/C17H23N5OS/c1-3-13-14(4-2)19-20-17(18-13)22-9-6-8-21(10-11-22)16(23)15-7-5-12-24-15/h5,7,12H,3-4,6,8-11H2,1-2H3. The molecular formula is C17H23N5OS. The second kappa shape index (κ2) is 7.70. The number of hydrogen-bond acceptors (Lipinski definition) is 6. The fourth-order valence-corrected chi connectivity index (χ4v) is 3.63. The van der Waals surface area contributed by atoms with Crippen LogP contribution in [0, 0.1) is 0 Å². The molecule has 2 aromatic heterocycles. The molecule has 0 N–H and O–H groups in total. The maximum Gasteiger partial charge on any atom is 0.263 e.